The number of aliphatic carboxylic acids is 2. The zero-order valence-corrected chi connectivity index (χ0v) is 17.8. The monoisotopic (exact) mass is 460 g/mol. The van der Waals surface area contributed by atoms with E-state index < -0.39 is 66.2 Å². The first-order valence-electron chi connectivity index (χ1n) is 9.98. The highest BCUT2D eigenvalue weighted by Crippen LogP contribution is 2.04. The second kappa shape index (κ2) is 14.7. The third kappa shape index (κ3) is 11.8. The van der Waals surface area contributed by atoms with Gasteiger partial charge in [-0.2, -0.15) is 0 Å². The highest BCUT2D eigenvalue weighted by atomic mass is 16.4. The van der Waals surface area contributed by atoms with Gasteiger partial charge >= 0.3 is 11.9 Å². The fourth-order valence-electron chi connectivity index (χ4n) is 2.52. The van der Waals surface area contributed by atoms with Crippen molar-refractivity contribution in [3.05, 3.63) is 0 Å². The summed E-state index contributed by atoms with van der Waals surface area (Å²) in [6, 6.07) is -5.06. The van der Waals surface area contributed by atoms with Crippen LogP contribution in [0.25, 0.3) is 0 Å². The van der Waals surface area contributed by atoms with Crippen molar-refractivity contribution in [1.82, 2.24) is 16.0 Å². The highest BCUT2D eigenvalue weighted by Gasteiger charge is 2.29. The highest BCUT2D eigenvalue weighted by molar-refractivity contribution is 5.94. The van der Waals surface area contributed by atoms with Crippen LogP contribution in [-0.4, -0.2) is 76.5 Å². The van der Waals surface area contributed by atoms with E-state index in [0.29, 0.717) is 19.4 Å². The van der Waals surface area contributed by atoms with Crippen LogP contribution in [0.3, 0.4) is 0 Å². The number of hydrogen-bond donors (Lipinski definition) is 8. The van der Waals surface area contributed by atoms with Crippen LogP contribution < -0.4 is 33.2 Å². The Kier molecular flexibility index (Phi) is 13.2. The van der Waals surface area contributed by atoms with Crippen LogP contribution in [0.15, 0.2) is 0 Å². The van der Waals surface area contributed by atoms with Crippen molar-refractivity contribution in [3.8, 4) is 0 Å². The number of carboxylic acid groups (broad SMARTS) is 2. The van der Waals surface area contributed by atoms with Gasteiger partial charge in [-0.3, -0.25) is 24.0 Å². The lowest BCUT2D eigenvalue weighted by molar-refractivity contribution is -0.147. The zero-order valence-electron chi connectivity index (χ0n) is 17.8. The lowest BCUT2D eigenvalue weighted by atomic mass is 10.1. The normalized spacial score (nSPS) is 14.3. The van der Waals surface area contributed by atoms with Crippen LogP contribution in [0, 0.1) is 0 Å². The number of unbranched alkanes of at least 4 members (excludes halogenated alkanes) is 1. The lowest BCUT2D eigenvalue weighted by Crippen LogP contribution is -2.56. The molecular weight excluding hydrogens is 428 g/mol. The Morgan fingerprint density at radius 3 is 1.94 bits per heavy atom. The van der Waals surface area contributed by atoms with Gasteiger partial charge in [-0.05, 0) is 39.2 Å². The second-order valence-electron chi connectivity index (χ2n) is 7.18. The number of nitrogens with one attached hydrogen (secondary N) is 3. The molecule has 0 spiro atoms. The smallest absolute Gasteiger partial charge is 0.326 e. The van der Waals surface area contributed by atoms with Gasteiger partial charge in [-0.15, -0.1) is 0 Å². The molecule has 0 aromatic heterocycles. The topological polar surface area (TPSA) is 257 Å². The maximum absolute atomic E-state index is 12.6. The van der Waals surface area contributed by atoms with E-state index in [-0.39, 0.29) is 19.3 Å². The van der Waals surface area contributed by atoms with Crippen molar-refractivity contribution >= 4 is 35.6 Å². The minimum absolute atomic E-state index is 0.0166. The van der Waals surface area contributed by atoms with Gasteiger partial charge in [-0.1, -0.05) is 0 Å². The Labute approximate surface area is 184 Å². The van der Waals surface area contributed by atoms with Gasteiger partial charge in [0.25, 0.3) is 0 Å². The van der Waals surface area contributed by atoms with Crippen molar-refractivity contribution in [2.75, 3.05) is 6.54 Å². The molecule has 14 nitrogen and oxygen atoms in total. The summed E-state index contributed by atoms with van der Waals surface area (Å²) < 4.78 is 0. The Morgan fingerprint density at radius 1 is 0.844 bits per heavy atom. The fourth-order valence-corrected chi connectivity index (χ4v) is 2.52. The van der Waals surface area contributed by atoms with Crippen LogP contribution in [0.4, 0.5) is 0 Å². The van der Waals surface area contributed by atoms with Crippen LogP contribution in [0.5, 0.6) is 0 Å². The van der Waals surface area contributed by atoms with Crippen molar-refractivity contribution < 1.29 is 39.0 Å². The number of carboxylic acids is 2. The van der Waals surface area contributed by atoms with E-state index in [4.69, 9.17) is 27.4 Å². The predicted molar refractivity (Wildman–Crippen MR) is 111 cm³/mol. The number of carbonyl (C=O) groups is 6. The number of hydrogen-bond acceptors (Lipinski definition) is 8. The van der Waals surface area contributed by atoms with E-state index in [0.717, 1.165) is 0 Å². The summed E-state index contributed by atoms with van der Waals surface area (Å²) in [6.45, 7) is 1.63. The van der Waals surface area contributed by atoms with Crippen LogP contribution >= 0.6 is 0 Å². The number of rotatable bonds is 16. The molecule has 32 heavy (non-hydrogen) atoms. The summed E-state index contributed by atoms with van der Waals surface area (Å²) in [5.74, 6) is -5.94. The number of carbonyl (C=O) groups excluding carboxylic acids is 4. The Bertz CT molecular complexity index is 701. The van der Waals surface area contributed by atoms with E-state index >= 15 is 0 Å². The quantitative estimate of drug-likeness (QED) is 0.107. The SMILES string of the molecule is CC(NC(=O)C(CCCCN)NC(=O)C(N)CCC(N)=O)C(=O)NC(CC(=O)O)C(=O)O. The molecule has 4 amide bonds. The van der Waals surface area contributed by atoms with Crippen LogP contribution in [-0.2, 0) is 28.8 Å². The summed E-state index contributed by atoms with van der Waals surface area (Å²) in [5, 5.41) is 24.6. The van der Waals surface area contributed by atoms with Gasteiger partial charge in [0.2, 0.25) is 23.6 Å². The molecule has 14 heteroatoms. The molecule has 0 saturated heterocycles. The van der Waals surface area contributed by atoms with Gasteiger partial charge in [0, 0.05) is 6.42 Å². The summed E-state index contributed by atoms with van der Waals surface area (Å²) in [7, 11) is 0. The largest absolute Gasteiger partial charge is 0.481 e. The molecule has 0 aromatic carbocycles. The number of nitrogens with two attached hydrogens (primary N) is 3. The molecule has 4 unspecified atom stereocenters. The van der Waals surface area contributed by atoms with Gasteiger partial charge in [0.05, 0.1) is 12.5 Å². The Hall–Kier alpha value is -3.26. The molecule has 0 aliphatic rings. The molecule has 0 fully saturated rings. The fraction of sp³-hybridized carbons (Fsp3) is 0.667. The molecule has 0 saturated carbocycles. The standard InChI is InChI=1S/C18H32N6O8/c1-9(15(28)24-12(18(31)32)8-14(26)27)22-17(30)11(4-2-3-7-19)23-16(29)10(20)5-6-13(21)25/h9-12H,2-8,19-20H2,1H3,(H2,21,25)(H,22,30)(H,23,29)(H,24,28)(H,26,27)(H,31,32). The predicted octanol–water partition coefficient (Wildman–Crippen LogP) is -3.26. The first kappa shape index (κ1) is 28.7. The number of primary amides is 1. The molecular formula is C18H32N6O8. The molecule has 11 N–H and O–H groups in total. The van der Waals surface area contributed by atoms with Crippen molar-refractivity contribution in [1.29, 1.82) is 0 Å². The third-order valence-electron chi connectivity index (χ3n) is 4.36. The van der Waals surface area contributed by atoms with Crippen LogP contribution in [0.2, 0.25) is 0 Å². The molecule has 0 aliphatic heterocycles. The molecule has 0 bridgehead atoms. The average molecular weight is 460 g/mol. The molecule has 0 rings (SSSR count). The summed E-state index contributed by atoms with van der Waals surface area (Å²) >= 11 is 0. The van der Waals surface area contributed by atoms with Crippen molar-refractivity contribution in [3.63, 3.8) is 0 Å². The maximum atomic E-state index is 12.6. The van der Waals surface area contributed by atoms with E-state index in [9.17, 15) is 28.8 Å². The van der Waals surface area contributed by atoms with Crippen LogP contribution in [0.1, 0.15) is 45.4 Å². The summed E-state index contributed by atoms with van der Waals surface area (Å²) in [4.78, 5) is 69.7. The molecule has 4 atom stereocenters. The van der Waals surface area contributed by atoms with E-state index in [1.54, 1.807) is 0 Å². The number of amides is 4. The Morgan fingerprint density at radius 2 is 1.44 bits per heavy atom. The van der Waals surface area contributed by atoms with Gasteiger partial charge in [-0.25, -0.2) is 4.79 Å². The van der Waals surface area contributed by atoms with Crippen molar-refractivity contribution in [2.24, 2.45) is 17.2 Å². The first-order chi connectivity index (χ1) is 14.9. The first-order valence-corrected chi connectivity index (χ1v) is 9.98. The van der Waals surface area contributed by atoms with E-state index in [1.807, 2.05) is 5.32 Å². The maximum Gasteiger partial charge on any atom is 0.326 e. The van der Waals surface area contributed by atoms with Crippen molar-refractivity contribution in [2.45, 2.75) is 69.6 Å². The average Bonchev–Trinajstić information content (AvgIpc) is 2.69. The van der Waals surface area contributed by atoms with E-state index in [2.05, 4.69) is 10.6 Å². The molecule has 182 valence electrons. The molecule has 0 radical (unpaired) electrons. The van der Waals surface area contributed by atoms with Gasteiger partial charge in [0.1, 0.15) is 18.1 Å². The molecule has 0 heterocycles. The van der Waals surface area contributed by atoms with Gasteiger partial charge in [0.15, 0.2) is 0 Å². The minimum Gasteiger partial charge on any atom is -0.481 e. The zero-order chi connectivity index (χ0) is 24.8. The van der Waals surface area contributed by atoms with E-state index in [1.165, 1.54) is 6.92 Å². The Balaban J connectivity index is 5.08. The minimum atomic E-state index is -1.68. The molecule has 0 aliphatic carbocycles. The lowest BCUT2D eigenvalue weighted by Gasteiger charge is -2.23. The second-order valence-corrected chi connectivity index (χ2v) is 7.18. The van der Waals surface area contributed by atoms with Gasteiger partial charge < -0.3 is 43.4 Å². The molecule has 0 aromatic rings. The summed E-state index contributed by atoms with van der Waals surface area (Å²) in [6.07, 6.45) is 0.254. The third-order valence-corrected chi connectivity index (χ3v) is 4.36. The summed E-state index contributed by atoms with van der Waals surface area (Å²) in [5.41, 5.74) is 16.2.